The Balaban J connectivity index is 2.45. The van der Waals surface area contributed by atoms with Crippen LogP contribution in [0.3, 0.4) is 0 Å². The minimum Gasteiger partial charge on any atom is -0.358 e. The van der Waals surface area contributed by atoms with Gasteiger partial charge >= 0.3 is 0 Å². The fourth-order valence-electron chi connectivity index (χ4n) is 0.261. The minimum absolute atomic E-state index is 0.440. The molecule has 1 aliphatic rings. The SMILES string of the molecule is ClC1=N[C]CN1. The van der Waals surface area contributed by atoms with Gasteiger partial charge in [0.2, 0.25) is 0 Å². The van der Waals surface area contributed by atoms with Gasteiger partial charge in [-0.15, -0.1) is 0 Å². The molecule has 1 aliphatic heterocycles. The van der Waals surface area contributed by atoms with Gasteiger partial charge < -0.3 is 5.32 Å². The van der Waals surface area contributed by atoms with Crippen molar-refractivity contribution in [1.29, 1.82) is 0 Å². The van der Waals surface area contributed by atoms with Gasteiger partial charge in [0.25, 0.3) is 0 Å². The third-order valence-electron chi connectivity index (χ3n) is 0.491. The van der Waals surface area contributed by atoms with Gasteiger partial charge in [0.1, 0.15) is 6.54 Å². The number of hydrogen-bond donors (Lipinski definition) is 1. The first-order valence-corrected chi connectivity index (χ1v) is 1.97. The molecule has 0 amide bonds. The summed E-state index contributed by atoms with van der Waals surface area (Å²) in [5.74, 6) is 0. The molecule has 1 N–H and O–H groups in total. The largest absolute Gasteiger partial charge is 0.358 e. The van der Waals surface area contributed by atoms with E-state index in [0.29, 0.717) is 11.8 Å². The molecule has 1 heterocycles. The van der Waals surface area contributed by atoms with Gasteiger partial charge in [0.05, 0.1) is 0 Å². The highest BCUT2D eigenvalue weighted by Gasteiger charge is 1.98. The molecule has 0 aromatic carbocycles. The highest BCUT2D eigenvalue weighted by atomic mass is 35.5. The molecule has 0 unspecified atom stereocenters. The lowest BCUT2D eigenvalue weighted by molar-refractivity contribution is 1.05. The Morgan fingerprint density at radius 3 is 3.00 bits per heavy atom. The number of aliphatic imine (C=N–C) groups is 1. The summed E-state index contributed by atoms with van der Waals surface area (Å²) < 4.78 is 0. The average Bonchev–Trinajstić information content (AvgIpc) is 1.86. The standard InChI is InChI=1S/C3H3ClN2/c4-3-5-1-2-6-3/h5H,1H2. The second-order valence-electron chi connectivity index (χ2n) is 0.914. The number of rotatable bonds is 0. The van der Waals surface area contributed by atoms with Gasteiger partial charge in [-0.2, -0.15) is 0 Å². The lowest BCUT2D eigenvalue weighted by Crippen LogP contribution is -2.10. The van der Waals surface area contributed by atoms with Crippen molar-refractivity contribution in [3.63, 3.8) is 0 Å². The summed E-state index contributed by atoms with van der Waals surface area (Å²) in [7, 11) is 0. The second kappa shape index (κ2) is 1.47. The van der Waals surface area contributed by atoms with Crippen LogP contribution in [0.2, 0.25) is 0 Å². The van der Waals surface area contributed by atoms with Crippen LogP contribution in [0.4, 0.5) is 0 Å². The third kappa shape index (κ3) is 0.627. The zero-order valence-electron chi connectivity index (χ0n) is 3.03. The molecule has 0 saturated carbocycles. The van der Waals surface area contributed by atoms with E-state index in [2.05, 4.69) is 16.9 Å². The molecule has 0 bridgehead atoms. The molecule has 3 heteroatoms. The van der Waals surface area contributed by atoms with Gasteiger partial charge in [0.15, 0.2) is 5.29 Å². The van der Waals surface area contributed by atoms with Crippen LogP contribution in [0.25, 0.3) is 0 Å². The van der Waals surface area contributed by atoms with E-state index in [0.717, 1.165) is 0 Å². The fraction of sp³-hybridized carbons (Fsp3) is 0.333. The molecule has 6 heavy (non-hydrogen) atoms. The van der Waals surface area contributed by atoms with Crippen LogP contribution in [0.1, 0.15) is 0 Å². The Kier molecular flexibility index (Phi) is 0.965. The van der Waals surface area contributed by atoms with Gasteiger partial charge in [-0.3, -0.25) is 0 Å². The van der Waals surface area contributed by atoms with Crippen molar-refractivity contribution in [3.8, 4) is 0 Å². The monoisotopic (exact) mass is 102 g/mol. The number of hydrogen-bond acceptors (Lipinski definition) is 2. The van der Waals surface area contributed by atoms with E-state index < -0.39 is 0 Å². The smallest absolute Gasteiger partial charge is 0.192 e. The zero-order valence-corrected chi connectivity index (χ0v) is 3.79. The average molecular weight is 103 g/mol. The maximum absolute atomic E-state index is 5.29. The lowest BCUT2D eigenvalue weighted by Gasteiger charge is -1.81. The highest BCUT2D eigenvalue weighted by Crippen LogP contribution is 1.91. The predicted molar refractivity (Wildman–Crippen MR) is 24.5 cm³/mol. The topological polar surface area (TPSA) is 24.4 Å². The van der Waals surface area contributed by atoms with Crippen molar-refractivity contribution in [2.45, 2.75) is 0 Å². The molecular weight excluding hydrogens is 99.5 g/mol. The Morgan fingerprint density at radius 2 is 2.83 bits per heavy atom. The molecule has 32 valence electrons. The Hall–Kier alpha value is -0.240. The van der Waals surface area contributed by atoms with E-state index in [1.54, 1.807) is 0 Å². The molecule has 1 rings (SSSR count). The van der Waals surface area contributed by atoms with Crippen molar-refractivity contribution in [2.75, 3.05) is 6.54 Å². The number of halogens is 1. The van der Waals surface area contributed by atoms with Crippen LogP contribution in [-0.4, -0.2) is 11.8 Å². The Bertz CT molecular complexity index is 78.9. The van der Waals surface area contributed by atoms with Crippen LogP contribution in [0, 0.1) is 6.54 Å². The van der Waals surface area contributed by atoms with E-state index >= 15 is 0 Å². The quantitative estimate of drug-likeness (QED) is 0.435. The summed E-state index contributed by atoms with van der Waals surface area (Å²) in [4.78, 5) is 3.56. The zero-order chi connectivity index (χ0) is 4.41. The number of nitrogens with zero attached hydrogens (tertiary/aromatic N) is 1. The molecule has 2 radical (unpaired) electrons. The van der Waals surface area contributed by atoms with E-state index in [-0.39, 0.29) is 0 Å². The van der Waals surface area contributed by atoms with Crippen molar-refractivity contribution in [1.82, 2.24) is 5.32 Å². The van der Waals surface area contributed by atoms with E-state index in [1.165, 1.54) is 0 Å². The first kappa shape index (κ1) is 3.93. The molecule has 0 aromatic rings. The summed E-state index contributed by atoms with van der Waals surface area (Å²) in [6.07, 6.45) is 0. The predicted octanol–water partition coefficient (Wildman–Crippen LogP) is 0.223. The van der Waals surface area contributed by atoms with Crippen LogP contribution in [-0.2, 0) is 0 Å². The van der Waals surface area contributed by atoms with Crippen LogP contribution in [0.15, 0.2) is 4.99 Å². The van der Waals surface area contributed by atoms with Crippen LogP contribution in [0.5, 0.6) is 0 Å². The fourth-order valence-corrected chi connectivity index (χ4v) is 0.388. The van der Waals surface area contributed by atoms with E-state index in [1.807, 2.05) is 0 Å². The summed E-state index contributed by atoms with van der Waals surface area (Å²) >= 11 is 5.29. The Labute approximate surface area is 41.2 Å². The molecule has 0 aromatic heterocycles. The van der Waals surface area contributed by atoms with E-state index in [4.69, 9.17) is 11.6 Å². The maximum Gasteiger partial charge on any atom is 0.192 e. The van der Waals surface area contributed by atoms with Gasteiger partial charge in [-0.1, -0.05) is 0 Å². The van der Waals surface area contributed by atoms with Crippen molar-refractivity contribution < 1.29 is 0 Å². The van der Waals surface area contributed by atoms with Crippen molar-refractivity contribution >= 4 is 16.9 Å². The van der Waals surface area contributed by atoms with Crippen LogP contribution >= 0.6 is 11.6 Å². The molecule has 0 atom stereocenters. The lowest BCUT2D eigenvalue weighted by atomic mass is 10.7. The second-order valence-corrected chi connectivity index (χ2v) is 1.27. The Morgan fingerprint density at radius 1 is 2.00 bits per heavy atom. The molecule has 0 saturated heterocycles. The number of nitrogens with one attached hydrogen (secondary N) is 1. The van der Waals surface area contributed by atoms with Crippen LogP contribution < -0.4 is 5.32 Å². The molecule has 0 aliphatic carbocycles. The van der Waals surface area contributed by atoms with Gasteiger partial charge in [0, 0.05) is 6.54 Å². The molecule has 2 nitrogen and oxygen atoms in total. The van der Waals surface area contributed by atoms with Gasteiger partial charge in [-0.25, -0.2) is 4.99 Å². The number of amidine groups is 1. The first-order chi connectivity index (χ1) is 2.89. The van der Waals surface area contributed by atoms with E-state index in [9.17, 15) is 0 Å². The van der Waals surface area contributed by atoms with Crippen molar-refractivity contribution in [2.24, 2.45) is 4.99 Å². The molecule has 0 fully saturated rings. The summed E-state index contributed by atoms with van der Waals surface area (Å²) in [6.45, 7) is 3.27. The summed E-state index contributed by atoms with van der Waals surface area (Å²) in [5, 5.41) is 3.16. The van der Waals surface area contributed by atoms with Crippen molar-refractivity contribution in [3.05, 3.63) is 6.54 Å². The maximum atomic E-state index is 5.29. The summed E-state index contributed by atoms with van der Waals surface area (Å²) in [5.41, 5.74) is 0. The van der Waals surface area contributed by atoms with Gasteiger partial charge in [-0.05, 0) is 11.6 Å². The normalized spacial score (nSPS) is 19.8. The highest BCUT2D eigenvalue weighted by molar-refractivity contribution is 6.65. The summed E-state index contributed by atoms with van der Waals surface area (Å²) in [6, 6.07) is 0. The molecule has 0 spiro atoms. The third-order valence-corrected chi connectivity index (χ3v) is 0.709. The molecular formula is C3H3ClN2. The first-order valence-electron chi connectivity index (χ1n) is 1.59. The minimum atomic E-state index is 0.440.